The lowest BCUT2D eigenvalue weighted by Crippen LogP contribution is -2.18. The van der Waals surface area contributed by atoms with Crippen LogP contribution in [0.3, 0.4) is 0 Å². The molecule has 0 bridgehead atoms. The van der Waals surface area contributed by atoms with Crippen LogP contribution in [0.15, 0.2) is 22.7 Å². The second-order valence-electron chi connectivity index (χ2n) is 4.84. The zero-order valence-electron chi connectivity index (χ0n) is 9.79. The fourth-order valence-corrected chi connectivity index (χ4v) is 2.62. The van der Waals surface area contributed by atoms with Gasteiger partial charge >= 0.3 is 0 Å². The third-order valence-electron chi connectivity index (χ3n) is 3.30. The Kier molecular flexibility index (Phi) is 3.83. The molecule has 0 radical (unpaired) electrons. The van der Waals surface area contributed by atoms with Gasteiger partial charge < -0.3 is 5.32 Å². The lowest BCUT2D eigenvalue weighted by molar-refractivity contribution is -0.117. The third kappa shape index (κ3) is 3.26. The lowest BCUT2D eigenvalue weighted by atomic mass is 10.0. The smallest absolute Gasteiger partial charge is 0.224 e. The van der Waals surface area contributed by atoms with Crippen LogP contribution in [0.2, 0.25) is 0 Å². The number of hydrogen-bond acceptors (Lipinski definition) is 2. The van der Waals surface area contributed by atoms with Crippen LogP contribution in [-0.4, -0.2) is 11.7 Å². The van der Waals surface area contributed by atoms with Crippen molar-refractivity contribution in [1.82, 2.24) is 0 Å². The summed E-state index contributed by atoms with van der Waals surface area (Å²) in [6.45, 7) is 1.99. The molecule has 0 unspecified atom stereocenters. The van der Waals surface area contributed by atoms with Crippen molar-refractivity contribution in [3.8, 4) is 0 Å². The van der Waals surface area contributed by atoms with Gasteiger partial charge in [-0.1, -0.05) is 22.0 Å². The van der Waals surface area contributed by atoms with Crippen molar-refractivity contribution in [2.75, 3.05) is 11.1 Å². The second kappa shape index (κ2) is 5.02. The molecule has 1 aliphatic rings. The van der Waals surface area contributed by atoms with Crippen molar-refractivity contribution in [3.63, 3.8) is 0 Å². The van der Waals surface area contributed by atoms with Gasteiger partial charge in [-0.3, -0.25) is 4.79 Å². The summed E-state index contributed by atoms with van der Waals surface area (Å²) in [6.07, 6.45) is 2.84. The number of benzene rings is 1. The number of thiol groups is 1. The predicted octanol–water partition coefficient (Wildman–Crippen LogP) is 3.80. The van der Waals surface area contributed by atoms with Crippen molar-refractivity contribution in [1.29, 1.82) is 0 Å². The topological polar surface area (TPSA) is 29.1 Å². The van der Waals surface area contributed by atoms with E-state index in [0.29, 0.717) is 6.42 Å². The summed E-state index contributed by atoms with van der Waals surface area (Å²) in [4.78, 5) is 11.9. The molecule has 1 saturated carbocycles. The van der Waals surface area contributed by atoms with E-state index in [2.05, 4.69) is 33.9 Å². The largest absolute Gasteiger partial charge is 0.326 e. The number of aryl methyl sites for hydroxylation is 1. The zero-order valence-corrected chi connectivity index (χ0v) is 12.3. The first-order chi connectivity index (χ1) is 8.04. The van der Waals surface area contributed by atoms with E-state index in [0.717, 1.165) is 34.3 Å². The molecule has 0 aromatic heterocycles. The van der Waals surface area contributed by atoms with Crippen LogP contribution in [0.25, 0.3) is 0 Å². The van der Waals surface area contributed by atoms with Crippen LogP contribution in [0, 0.1) is 12.3 Å². The van der Waals surface area contributed by atoms with Crippen LogP contribution in [0.4, 0.5) is 5.69 Å². The number of amides is 1. The molecule has 0 spiro atoms. The number of anilines is 1. The molecule has 0 aliphatic heterocycles. The first-order valence-corrected chi connectivity index (χ1v) is 7.14. The molecule has 1 aliphatic carbocycles. The molecule has 1 amide bonds. The van der Waals surface area contributed by atoms with Crippen LogP contribution in [0.5, 0.6) is 0 Å². The Bertz CT molecular complexity index is 443. The van der Waals surface area contributed by atoms with E-state index < -0.39 is 0 Å². The van der Waals surface area contributed by atoms with Gasteiger partial charge in [-0.05, 0) is 48.6 Å². The maximum absolute atomic E-state index is 11.9. The molecule has 1 fully saturated rings. The minimum atomic E-state index is 0.0951. The van der Waals surface area contributed by atoms with E-state index in [9.17, 15) is 4.79 Å². The van der Waals surface area contributed by atoms with Crippen molar-refractivity contribution < 1.29 is 4.79 Å². The first kappa shape index (κ1) is 13.0. The van der Waals surface area contributed by atoms with Crippen molar-refractivity contribution in [2.45, 2.75) is 26.2 Å². The Morgan fingerprint density at radius 3 is 2.82 bits per heavy atom. The van der Waals surface area contributed by atoms with Crippen LogP contribution >= 0.6 is 28.6 Å². The predicted molar refractivity (Wildman–Crippen MR) is 77.6 cm³/mol. The first-order valence-electron chi connectivity index (χ1n) is 5.72. The molecule has 0 atom stereocenters. The summed E-state index contributed by atoms with van der Waals surface area (Å²) in [5.74, 6) is 0.899. The Labute approximate surface area is 116 Å². The van der Waals surface area contributed by atoms with Gasteiger partial charge in [0.1, 0.15) is 0 Å². The van der Waals surface area contributed by atoms with E-state index in [-0.39, 0.29) is 11.3 Å². The van der Waals surface area contributed by atoms with Gasteiger partial charge in [-0.15, -0.1) is 0 Å². The highest BCUT2D eigenvalue weighted by molar-refractivity contribution is 9.10. The molecule has 2 nitrogen and oxygen atoms in total. The Balaban J connectivity index is 2.00. The highest BCUT2D eigenvalue weighted by Crippen LogP contribution is 2.49. The van der Waals surface area contributed by atoms with Crippen LogP contribution in [0.1, 0.15) is 24.8 Å². The highest BCUT2D eigenvalue weighted by atomic mass is 79.9. The molecule has 17 heavy (non-hydrogen) atoms. The number of rotatable bonds is 4. The molecule has 0 saturated heterocycles. The molecule has 1 aromatic rings. The van der Waals surface area contributed by atoms with Crippen molar-refractivity contribution >= 4 is 40.2 Å². The minimum Gasteiger partial charge on any atom is -0.326 e. The normalized spacial score (nSPS) is 16.6. The van der Waals surface area contributed by atoms with Gasteiger partial charge in [0.2, 0.25) is 5.91 Å². The third-order valence-corrected chi connectivity index (χ3v) is 4.47. The number of halogens is 1. The molecule has 1 aromatic carbocycles. The van der Waals surface area contributed by atoms with Crippen molar-refractivity contribution in [2.24, 2.45) is 5.41 Å². The molecular formula is C13H16BrNOS. The number of carbonyl (C=O) groups excluding carboxylic acids is 1. The summed E-state index contributed by atoms with van der Waals surface area (Å²) in [7, 11) is 0. The summed E-state index contributed by atoms with van der Waals surface area (Å²) in [5.41, 5.74) is 2.14. The number of carbonyl (C=O) groups is 1. The molecule has 2 rings (SSSR count). The zero-order chi connectivity index (χ0) is 12.5. The summed E-state index contributed by atoms with van der Waals surface area (Å²) >= 11 is 7.72. The molecule has 1 N–H and O–H groups in total. The monoisotopic (exact) mass is 313 g/mol. The summed E-state index contributed by atoms with van der Waals surface area (Å²) < 4.78 is 0.980. The highest BCUT2D eigenvalue weighted by Gasteiger charge is 2.42. The van der Waals surface area contributed by atoms with Crippen LogP contribution in [-0.2, 0) is 4.79 Å². The van der Waals surface area contributed by atoms with Gasteiger partial charge in [-0.25, -0.2) is 0 Å². The SMILES string of the molecule is Cc1ccc(Br)cc1NC(=O)CC1(CS)CC1. The molecule has 92 valence electrons. The second-order valence-corrected chi connectivity index (χ2v) is 6.07. The summed E-state index contributed by atoms with van der Waals surface area (Å²) in [5, 5.41) is 2.98. The van der Waals surface area contributed by atoms with Gasteiger partial charge in [-0.2, -0.15) is 12.6 Å². The fourth-order valence-electron chi connectivity index (χ4n) is 1.83. The number of hydrogen-bond donors (Lipinski definition) is 2. The fraction of sp³-hybridized carbons (Fsp3) is 0.462. The molecule has 0 heterocycles. The Morgan fingerprint density at radius 1 is 1.53 bits per heavy atom. The van der Waals surface area contributed by atoms with E-state index >= 15 is 0 Å². The van der Waals surface area contributed by atoms with E-state index in [1.165, 1.54) is 0 Å². The van der Waals surface area contributed by atoms with Crippen molar-refractivity contribution in [3.05, 3.63) is 28.2 Å². The maximum atomic E-state index is 11.9. The summed E-state index contributed by atoms with van der Waals surface area (Å²) in [6, 6.07) is 5.90. The van der Waals surface area contributed by atoms with Gasteiger partial charge in [0, 0.05) is 16.6 Å². The van der Waals surface area contributed by atoms with E-state index in [1.54, 1.807) is 0 Å². The standard InChI is InChI=1S/C13H16BrNOS/c1-9-2-3-10(14)6-11(9)15-12(16)7-13(8-17)4-5-13/h2-3,6,17H,4-5,7-8H2,1H3,(H,15,16). The Hall–Kier alpha value is -0.480. The average molecular weight is 314 g/mol. The molecular weight excluding hydrogens is 298 g/mol. The average Bonchev–Trinajstić information content (AvgIpc) is 3.04. The van der Waals surface area contributed by atoms with Crippen LogP contribution < -0.4 is 5.32 Å². The van der Waals surface area contributed by atoms with E-state index in [4.69, 9.17) is 0 Å². The quantitative estimate of drug-likeness (QED) is 0.813. The molecule has 4 heteroatoms. The maximum Gasteiger partial charge on any atom is 0.224 e. The number of nitrogens with one attached hydrogen (secondary N) is 1. The Morgan fingerprint density at radius 2 is 2.24 bits per heavy atom. The van der Waals surface area contributed by atoms with E-state index in [1.807, 2.05) is 25.1 Å². The lowest BCUT2D eigenvalue weighted by Gasteiger charge is -2.13. The van der Waals surface area contributed by atoms with Gasteiger partial charge in [0.15, 0.2) is 0 Å². The van der Waals surface area contributed by atoms with Gasteiger partial charge in [0.25, 0.3) is 0 Å². The van der Waals surface area contributed by atoms with Gasteiger partial charge in [0.05, 0.1) is 0 Å². The minimum absolute atomic E-state index is 0.0951.